The topological polar surface area (TPSA) is 119 Å². The van der Waals surface area contributed by atoms with E-state index >= 15 is 0 Å². The van der Waals surface area contributed by atoms with Gasteiger partial charge in [-0.2, -0.15) is 0 Å². The molecule has 0 radical (unpaired) electrons. The molecule has 3 heterocycles. The average molecular weight is 251 g/mol. The summed E-state index contributed by atoms with van der Waals surface area (Å²) in [5.74, 6) is 0.302. The van der Waals surface area contributed by atoms with Crippen molar-refractivity contribution in [3.8, 4) is 0 Å². The number of imidazole rings is 1. The van der Waals surface area contributed by atoms with Crippen LogP contribution in [0, 0.1) is 0 Å². The minimum Gasteiger partial charge on any atom is -0.394 e. The highest BCUT2D eigenvalue weighted by Gasteiger charge is 2.35. The van der Waals surface area contributed by atoms with Crippen LogP contribution >= 0.6 is 0 Å². The maximum absolute atomic E-state index is 9.71. The first-order valence-corrected chi connectivity index (χ1v) is 5.58. The Morgan fingerprint density at radius 2 is 2.28 bits per heavy atom. The predicted molar refractivity (Wildman–Crippen MR) is 61.4 cm³/mol. The Balaban J connectivity index is 1.99. The van der Waals surface area contributed by atoms with E-state index in [1.54, 1.807) is 10.9 Å². The second kappa shape index (κ2) is 4.16. The van der Waals surface area contributed by atoms with Gasteiger partial charge < -0.3 is 20.7 Å². The molecule has 2 aromatic rings. The van der Waals surface area contributed by atoms with E-state index in [1.807, 2.05) is 0 Å². The van der Waals surface area contributed by atoms with E-state index in [2.05, 4.69) is 15.0 Å². The van der Waals surface area contributed by atoms with Gasteiger partial charge in [0.15, 0.2) is 11.5 Å². The Morgan fingerprint density at radius 3 is 3.00 bits per heavy atom. The van der Waals surface area contributed by atoms with Crippen molar-refractivity contribution >= 4 is 17.0 Å². The molecule has 1 fully saturated rings. The molecule has 96 valence electrons. The first-order chi connectivity index (χ1) is 8.70. The molecule has 1 unspecified atom stereocenters. The van der Waals surface area contributed by atoms with Crippen LogP contribution < -0.4 is 5.73 Å². The van der Waals surface area contributed by atoms with Crippen molar-refractivity contribution in [3.63, 3.8) is 0 Å². The normalized spacial score (nSPS) is 28.0. The molecule has 0 bridgehead atoms. The Morgan fingerprint density at radius 1 is 1.44 bits per heavy atom. The second-order valence-corrected chi connectivity index (χ2v) is 4.20. The lowest BCUT2D eigenvalue weighted by atomic mass is 10.2. The first kappa shape index (κ1) is 11.3. The van der Waals surface area contributed by atoms with Crippen molar-refractivity contribution in [1.82, 2.24) is 19.5 Å². The molecule has 1 aliphatic heterocycles. The summed E-state index contributed by atoms with van der Waals surface area (Å²) in [4.78, 5) is 12.1. The molecular formula is C10H13N5O3. The second-order valence-electron chi connectivity index (χ2n) is 4.20. The van der Waals surface area contributed by atoms with E-state index in [4.69, 9.17) is 15.6 Å². The summed E-state index contributed by atoms with van der Waals surface area (Å²) >= 11 is 0. The number of aliphatic hydroxyl groups is 2. The van der Waals surface area contributed by atoms with Crippen LogP contribution in [0.1, 0.15) is 12.6 Å². The summed E-state index contributed by atoms with van der Waals surface area (Å²) in [7, 11) is 0. The van der Waals surface area contributed by atoms with Gasteiger partial charge in [-0.25, -0.2) is 15.0 Å². The van der Waals surface area contributed by atoms with Crippen LogP contribution in [0.25, 0.3) is 11.2 Å². The lowest BCUT2D eigenvalue weighted by Crippen LogP contribution is -2.24. The molecular weight excluding hydrogens is 238 g/mol. The molecule has 1 saturated heterocycles. The molecule has 0 spiro atoms. The number of nitrogen functional groups attached to an aromatic ring is 1. The molecule has 0 aliphatic carbocycles. The first-order valence-electron chi connectivity index (χ1n) is 5.58. The Bertz CT molecular complexity index is 572. The third-order valence-corrected chi connectivity index (χ3v) is 3.08. The minimum absolute atomic E-state index is 0.221. The summed E-state index contributed by atoms with van der Waals surface area (Å²) in [6.07, 6.45) is 1.60. The van der Waals surface area contributed by atoms with Crippen LogP contribution in [0.15, 0.2) is 12.7 Å². The zero-order valence-corrected chi connectivity index (χ0v) is 9.47. The van der Waals surface area contributed by atoms with Crippen molar-refractivity contribution < 1.29 is 14.9 Å². The molecule has 3 rings (SSSR count). The minimum atomic E-state index is -0.698. The highest BCUT2D eigenvalue weighted by atomic mass is 16.5. The number of ether oxygens (including phenoxy) is 1. The van der Waals surface area contributed by atoms with Crippen LogP contribution in [-0.4, -0.2) is 48.5 Å². The van der Waals surface area contributed by atoms with Crippen molar-refractivity contribution in [1.29, 1.82) is 0 Å². The standard InChI is InChI=1S/C10H13N5O3/c11-9-8-10(13-3-12-9)15(4-14-8)7-1-5(17)6(2-16)18-7/h3-7,16-17H,1-2H2,(H2,11,12,13)/t5-,6?,7+/m0/s1. The van der Waals surface area contributed by atoms with Gasteiger partial charge in [0.2, 0.25) is 0 Å². The molecule has 0 saturated carbocycles. The number of nitrogens with zero attached hydrogens (tertiary/aromatic N) is 4. The summed E-state index contributed by atoms with van der Waals surface area (Å²) in [6.45, 7) is -0.221. The van der Waals surface area contributed by atoms with Crippen LogP contribution in [-0.2, 0) is 4.74 Å². The van der Waals surface area contributed by atoms with E-state index in [9.17, 15) is 5.11 Å². The van der Waals surface area contributed by atoms with Gasteiger partial charge in [0.25, 0.3) is 0 Å². The van der Waals surface area contributed by atoms with E-state index in [0.717, 1.165) is 0 Å². The number of hydrogen-bond donors (Lipinski definition) is 3. The number of nitrogens with two attached hydrogens (primary N) is 1. The number of anilines is 1. The summed E-state index contributed by atoms with van der Waals surface area (Å²) in [5, 5.41) is 18.8. The molecule has 8 heteroatoms. The van der Waals surface area contributed by atoms with Gasteiger partial charge in [0.1, 0.15) is 24.2 Å². The largest absolute Gasteiger partial charge is 0.394 e. The molecule has 0 amide bonds. The maximum Gasteiger partial charge on any atom is 0.167 e. The smallest absolute Gasteiger partial charge is 0.167 e. The molecule has 1 aliphatic rings. The lowest BCUT2D eigenvalue weighted by Gasteiger charge is -2.13. The van der Waals surface area contributed by atoms with Crippen molar-refractivity contribution in [2.75, 3.05) is 12.3 Å². The molecule has 2 aromatic heterocycles. The van der Waals surface area contributed by atoms with Gasteiger partial charge >= 0.3 is 0 Å². The molecule has 3 atom stereocenters. The van der Waals surface area contributed by atoms with Gasteiger partial charge in [0.05, 0.1) is 19.0 Å². The van der Waals surface area contributed by atoms with Crippen molar-refractivity contribution in [2.45, 2.75) is 24.9 Å². The average Bonchev–Trinajstić information content (AvgIpc) is 2.93. The van der Waals surface area contributed by atoms with Crippen LogP contribution in [0.3, 0.4) is 0 Å². The van der Waals surface area contributed by atoms with Gasteiger partial charge in [-0.15, -0.1) is 0 Å². The van der Waals surface area contributed by atoms with Gasteiger partial charge in [-0.05, 0) is 0 Å². The Kier molecular flexibility index (Phi) is 2.62. The number of aliphatic hydroxyl groups excluding tert-OH is 2. The monoisotopic (exact) mass is 251 g/mol. The van der Waals surface area contributed by atoms with Gasteiger partial charge in [0, 0.05) is 6.42 Å². The number of hydrogen-bond acceptors (Lipinski definition) is 7. The highest BCUT2D eigenvalue weighted by Crippen LogP contribution is 2.30. The van der Waals surface area contributed by atoms with Crippen molar-refractivity contribution in [2.24, 2.45) is 0 Å². The van der Waals surface area contributed by atoms with E-state index in [1.165, 1.54) is 6.33 Å². The number of fused-ring (bicyclic) bond motifs is 1. The van der Waals surface area contributed by atoms with E-state index < -0.39 is 18.4 Å². The quantitative estimate of drug-likeness (QED) is 0.629. The molecule has 18 heavy (non-hydrogen) atoms. The third-order valence-electron chi connectivity index (χ3n) is 3.08. The van der Waals surface area contributed by atoms with Crippen LogP contribution in [0.2, 0.25) is 0 Å². The zero-order valence-electron chi connectivity index (χ0n) is 9.47. The SMILES string of the molecule is Nc1ncnc2c1ncn2[C@H]1C[C@H](O)C(CO)O1. The van der Waals surface area contributed by atoms with E-state index in [-0.39, 0.29) is 6.61 Å². The van der Waals surface area contributed by atoms with Crippen molar-refractivity contribution in [3.05, 3.63) is 12.7 Å². The van der Waals surface area contributed by atoms with Gasteiger partial charge in [-0.3, -0.25) is 4.57 Å². The fourth-order valence-corrected chi connectivity index (χ4v) is 2.13. The summed E-state index contributed by atoms with van der Waals surface area (Å²) in [5.41, 5.74) is 6.75. The van der Waals surface area contributed by atoms with E-state index in [0.29, 0.717) is 23.4 Å². The molecule has 0 aromatic carbocycles. The van der Waals surface area contributed by atoms with Crippen LogP contribution in [0.5, 0.6) is 0 Å². The highest BCUT2D eigenvalue weighted by molar-refractivity contribution is 5.81. The zero-order chi connectivity index (χ0) is 12.7. The Labute approximate surface area is 102 Å². The fourth-order valence-electron chi connectivity index (χ4n) is 2.13. The number of rotatable bonds is 2. The molecule has 4 N–H and O–H groups in total. The Hall–Kier alpha value is -1.77. The third kappa shape index (κ3) is 1.62. The van der Waals surface area contributed by atoms with Gasteiger partial charge in [-0.1, -0.05) is 0 Å². The number of aromatic nitrogens is 4. The molecule has 8 nitrogen and oxygen atoms in total. The van der Waals surface area contributed by atoms with Crippen LogP contribution in [0.4, 0.5) is 5.82 Å². The lowest BCUT2D eigenvalue weighted by molar-refractivity contribution is -0.0432. The predicted octanol–water partition coefficient (Wildman–Crippen LogP) is -0.951. The summed E-state index contributed by atoms with van der Waals surface area (Å²) in [6, 6.07) is 0. The fraction of sp³-hybridized carbons (Fsp3) is 0.500. The maximum atomic E-state index is 9.71. The summed E-state index contributed by atoms with van der Waals surface area (Å²) < 4.78 is 7.22.